The van der Waals surface area contributed by atoms with E-state index in [9.17, 15) is 4.79 Å². The average Bonchev–Trinajstić information content (AvgIpc) is 2.22. The number of hydrogen-bond donors (Lipinski definition) is 2. The van der Waals surface area contributed by atoms with E-state index < -0.39 is 5.97 Å². The molecule has 1 aromatic carbocycles. The van der Waals surface area contributed by atoms with Crippen molar-refractivity contribution in [3.8, 4) is 5.75 Å². The molecule has 3 N–H and O–H groups in total. The third kappa shape index (κ3) is 4.07. The molecule has 15 heavy (non-hydrogen) atoms. The number of ether oxygens (including phenoxy) is 1. The van der Waals surface area contributed by atoms with Crippen LogP contribution in [0.4, 0.5) is 0 Å². The molecule has 0 aliphatic heterocycles. The van der Waals surface area contributed by atoms with Gasteiger partial charge >= 0.3 is 5.97 Å². The molecule has 5 nitrogen and oxygen atoms in total. The highest BCUT2D eigenvalue weighted by molar-refractivity contribution is 5.73. The molecule has 0 saturated carbocycles. The van der Waals surface area contributed by atoms with E-state index in [0.717, 1.165) is 5.56 Å². The second kappa shape index (κ2) is 6.13. The van der Waals surface area contributed by atoms with Gasteiger partial charge in [0, 0.05) is 6.61 Å². The van der Waals surface area contributed by atoms with Crippen molar-refractivity contribution in [1.29, 1.82) is 0 Å². The summed E-state index contributed by atoms with van der Waals surface area (Å²) in [5.41, 5.74) is 0.979. The predicted molar refractivity (Wildman–Crippen MR) is 53.0 cm³/mol. The molecule has 0 radical (unpaired) electrons. The average molecular weight is 211 g/mol. The first-order chi connectivity index (χ1) is 7.26. The van der Waals surface area contributed by atoms with Gasteiger partial charge in [0.2, 0.25) is 0 Å². The smallest absolute Gasteiger partial charge is 0.339 e. The van der Waals surface area contributed by atoms with Crippen molar-refractivity contribution < 1.29 is 19.5 Å². The quantitative estimate of drug-likeness (QED) is 0.407. The predicted octanol–water partition coefficient (Wildman–Crippen LogP) is 0.0171. The zero-order valence-corrected chi connectivity index (χ0v) is 8.18. The van der Waals surface area contributed by atoms with Crippen LogP contribution < -0.4 is 10.6 Å². The van der Waals surface area contributed by atoms with Crippen LogP contribution in [0.15, 0.2) is 24.3 Å². The van der Waals surface area contributed by atoms with E-state index in [1.54, 1.807) is 24.3 Å². The van der Waals surface area contributed by atoms with E-state index >= 15 is 0 Å². The SMILES string of the molecule is NOCC(=O)Oc1ccc(CCO)cc1. The minimum atomic E-state index is -0.549. The molecule has 0 bridgehead atoms. The lowest BCUT2D eigenvalue weighted by Crippen LogP contribution is -2.17. The van der Waals surface area contributed by atoms with Crippen molar-refractivity contribution in [3.63, 3.8) is 0 Å². The van der Waals surface area contributed by atoms with E-state index in [0.29, 0.717) is 12.2 Å². The summed E-state index contributed by atoms with van der Waals surface area (Å²) in [6.07, 6.45) is 0.583. The van der Waals surface area contributed by atoms with Crippen LogP contribution in [-0.4, -0.2) is 24.3 Å². The Morgan fingerprint density at radius 3 is 2.53 bits per heavy atom. The number of nitrogens with two attached hydrogens (primary N) is 1. The summed E-state index contributed by atoms with van der Waals surface area (Å²) >= 11 is 0. The van der Waals surface area contributed by atoms with E-state index in [-0.39, 0.29) is 13.2 Å². The summed E-state index contributed by atoms with van der Waals surface area (Å²) in [5.74, 6) is 4.60. The molecule has 1 aromatic rings. The Labute approximate surface area is 87.4 Å². The van der Waals surface area contributed by atoms with Crippen LogP contribution in [0.1, 0.15) is 5.56 Å². The normalized spacial score (nSPS) is 10.0. The number of esters is 1. The molecule has 5 heteroatoms. The third-order valence-corrected chi connectivity index (χ3v) is 1.76. The van der Waals surface area contributed by atoms with Crippen molar-refractivity contribution in [2.75, 3.05) is 13.2 Å². The molecule has 0 spiro atoms. The highest BCUT2D eigenvalue weighted by atomic mass is 16.6. The van der Waals surface area contributed by atoms with Crippen LogP contribution in [-0.2, 0) is 16.1 Å². The number of aliphatic hydroxyl groups is 1. The van der Waals surface area contributed by atoms with Gasteiger partial charge in [0.05, 0.1) is 0 Å². The Bertz CT molecular complexity index is 310. The standard InChI is InChI=1S/C10H13NO4/c11-14-7-10(13)15-9-3-1-8(2-4-9)5-6-12/h1-4,12H,5-7,11H2. The zero-order chi connectivity index (χ0) is 11.1. The van der Waals surface area contributed by atoms with E-state index in [4.69, 9.17) is 15.7 Å². The summed E-state index contributed by atoms with van der Waals surface area (Å²) in [4.78, 5) is 15.1. The van der Waals surface area contributed by atoms with Gasteiger partial charge < -0.3 is 9.84 Å². The van der Waals surface area contributed by atoms with Gasteiger partial charge in [-0.3, -0.25) is 4.84 Å². The lowest BCUT2D eigenvalue weighted by Gasteiger charge is -2.04. The fraction of sp³-hybridized carbons (Fsp3) is 0.300. The van der Waals surface area contributed by atoms with Gasteiger partial charge in [0.25, 0.3) is 0 Å². The third-order valence-electron chi connectivity index (χ3n) is 1.76. The van der Waals surface area contributed by atoms with Gasteiger partial charge in [-0.15, -0.1) is 0 Å². The Hall–Kier alpha value is -1.43. The summed E-state index contributed by atoms with van der Waals surface area (Å²) in [6, 6.07) is 6.86. The number of aliphatic hydroxyl groups excluding tert-OH is 1. The monoisotopic (exact) mass is 211 g/mol. The van der Waals surface area contributed by atoms with E-state index in [2.05, 4.69) is 4.84 Å². The molecular weight excluding hydrogens is 198 g/mol. The fourth-order valence-corrected chi connectivity index (χ4v) is 1.08. The van der Waals surface area contributed by atoms with Gasteiger partial charge in [-0.25, -0.2) is 10.7 Å². The lowest BCUT2D eigenvalue weighted by molar-refractivity contribution is -0.139. The van der Waals surface area contributed by atoms with Gasteiger partial charge in [-0.1, -0.05) is 12.1 Å². The van der Waals surface area contributed by atoms with Crippen molar-refractivity contribution in [2.24, 2.45) is 5.90 Å². The molecule has 0 unspecified atom stereocenters. The summed E-state index contributed by atoms with van der Waals surface area (Å²) in [6.45, 7) is -0.182. The molecule has 0 heterocycles. The maximum Gasteiger partial charge on any atom is 0.339 e. The molecule has 0 amide bonds. The highest BCUT2D eigenvalue weighted by Gasteiger charge is 2.03. The van der Waals surface area contributed by atoms with Crippen molar-refractivity contribution in [3.05, 3.63) is 29.8 Å². The molecular formula is C10H13NO4. The molecule has 0 atom stereocenters. The number of carbonyl (C=O) groups excluding carboxylic acids is 1. The Kier molecular flexibility index (Phi) is 4.76. The maximum absolute atomic E-state index is 11.0. The van der Waals surface area contributed by atoms with E-state index in [1.165, 1.54) is 0 Å². The molecule has 0 saturated heterocycles. The Morgan fingerprint density at radius 1 is 1.33 bits per heavy atom. The first kappa shape index (κ1) is 11.6. The molecule has 0 aliphatic rings. The fourth-order valence-electron chi connectivity index (χ4n) is 1.08. The number of rotatable bonds is 5. The second-order valence-corrected chi connectivity index (χ2v) is 2.90. The zero-order valence-electron chi connectivity index (χ0n) is 8.18. The van der Waals surface area contributed by atoms with Crippen molar-refractivity contribution >= 4 is 5.97 Å². The minimum Gasteiger partial charge on any atom is -0.425 e. The molecule has 0 fully saturated rings. The largest absolute Gasteiger partial charge is 0.425 e. The first-order valence-corrected chi connectivity index (χ1v) is 4.48. The lowest BCUT2D eigenvalue weighted by atomic mass is 10.1. The molecule has 0 aliphatic carbocycles. The maximum atomic E-state index is 11.0. The molecule has 82 valence electrons. The summed E-state index contributed by atoms with van der Waals surface area (Å²) in [7, 11) is 0. The van der Waals surface area contributed by atoms with Crippen LogP contribution in [0.5, 0.6) is 5.75 Å². The topological polar surface area (TPSA) is 81.8 Å². The van der Waals surface area contributed by atoms with Crippen LogP contribution >= 0.6 is 0 Å². The summed E-state index contributed by atoms with van der Waals surface area (Å²) < 4.78 is 4.88. The number of hydrogen-bond acceptors (Lipinski definition) is 5. The highest BCUT2D eigenvalue weighted by Crippen LogP contribution is 2.12. The number of benzene rings is 1. The van der Waals surface area contributed by atoms with Crippen molar-refractivity contribution in [2.45, 2.75) is 6.42 Å². The van der Waals surface area contributed by atoms with Gasteiger partial charge in [-0.2, -0.15) is 0 Å². The van der Waals surface area contributed by atoms with Crippen LogP contribution in [0.3, 0.4) is 0 Å². The van der Waals surface area contributed by atoms with Gasteiger partial charge in [-0.05, 0) is 24.1 Å². The first-order valence-electron chi connectivity index (χ1n) is 4.48. The number of carbonyl (C=O) groups is 1. The van der Waals surface area contributed by atoms with Crippen molar-refractivity contribution in [1.82, 2.24) is 0 Å². The second-order valence-electron chi connectivity index (χ2n) is 2.90. The van der Waals surface area contributed by atoms with Crippen LogP contribution in [0, 0.1) is 0 Å². The van der Waals surface area contributed by atoms with Gasteiger partial charge in [0.15, 0.2) is 6.61 Å². The van der Waals surface area contributed by atoms with Gasteiger partial charge in [0.1, 0.15) is 5.75 Å². The Morgan fingerprint density at radius 2 is 2.00 bits per heavy atom. The molecule has 0 aromatic heterocycles. The van der Waals surface area contributed by atoms with Crippen LogP contribution in [0.25, 0.3) is 0 Å². The van der Waals surface area contributed by atoms with E-state index in [1.807, 2.05) is 0 Å². The Balaban J connectivity index is 2.52. The minimum absolute atomic E-state index is 0.0974. The summed E-state index contributed by atoms with van der Waals surface area (Å²) in [5, 5.41) is 8.69. The van der Waals surface area contributed by atoms with Crippen LogP contribution in [0.2, 0.25) is 0 Å². The molecule has 1 rings (SSSR count).